The minimum Gasteiger partial charge on any atom is -0.495 e. The van der Waals surface area contributed by atoms with Crippen molar-refractivity contribution in [2.45, 2.75) is 38.8 Å². The number of nitrogens with zero attached hydrogens (tertiary/aromatic N) is 3. The number of benzene rings is 2. The van der Waals surface area contributed by atoms with Crippen molar-refractivity contribution in [3.05, 3.63) is 66.0 Å². The van der Waals surface area contributed by atoms with Crippen LogP contribution in [0, 0.1) is 5.92 Å². The van der Waals surface area contributed by atoms with Gasteiger partial charge in [-0.25, -0.2) is 4.68 Å². The van der Waals surface area contributed by atoms with Gasteiger partial charge >= 0.3 is 0 Å². The van der Waals surface area contributed by atoms with Gasteiger partial charge in [0.05, 0.1) is 24.8 Å². The van der Waals surface area contributed by atoms with Crippen molar-refractivity contribution in [1.29, 1.82) is 0 Å². The lowest BCUT2D eigenvalue weighted by Crippen LogP contribution is -2.46. The highest BCUT2D eigenvalue weighted by atomic mass is 16.5. The number of methoxy groups -OCH3 is 1. The highest BCUT2D eigenvalue weighted by molar-refractivity contribution is 5.95. The number of hydrogen-bond acceptors (Lipinski definition) is 5. The van der Waals surface area contributed by atoms with Gasteiger partial charge in [0.25, 0.3) is 0 Å². The first-order valence-electron chi connectivity index (χ1n) is 10.2. The molecule has 0 spiro atoms. The average Bonchev–Trinajstić information content (AvgIpc) is 3.21. The zero-order valence-corrected chi connectivity index (χ0v) is 17.7. The summed E-state index contributed by atoms with van der Waals surface area (Å²) in [6.45, 7) is 6.33. The van der Waals surface area contributed by atoms with E-state index in [1.54, 1.807) is 11.8 Å². The van der Waals surface area contributed by atoms with Crippen molar-refractivity contribution < 1.29 is 9.53 Å². The van der Waals surface area contributed by atoms with E-state index in [0.29, 0.717) is 23.3 Å². The Kier molecular flexibility index (Phi) is 5.44. The summed E-state index contributed by atoms with van der Waals surface area (Å²) in [6.07, 6.45) is 1.52. The number of para-hydroxylation sites is 2. The van der Waals surface area contributed by atoms with Gasteiger partial charge in [-0.1, -0.05) is 50.2 Å². The van der Waals surface area contributed by atoms with E-state index in [1.165, 1.54) is 11.9 Å². The molecule has 0 aliphatic carbocycles. The number of nitrogens with one attached hydrogen (secondary N) is 2. The Morgan fingerprint density at radius 1 is 1.17 bits per heavy atom. The Morgan fingerprint density at radius 3 is 2.60 bits per heavy atom. The largest absolute Gasteiger partial charge is 0.495 e. The van der Waals surface area contributed by atoms with Gasteiger partial charge in [-0.3, -0.25) is 4.79 Å². The Hall–Kier alpha value is -3.35. The lowest BCUT2D eigenvalue weighted by atomic mass is 9.84. The minimum atomic E-state index is -0.394. The van der Waals surface area contributed by atoms with Gasteiger partial charge in [-0.15, -0.1) is 0 Å². The second-order valence-electron chi connectivity index (χ2n) is 7.94. The standard InChI is InChI=1S/C23H27N5O2/c1-14(2)16-9-11-17(12-10-16)21-20(15(3)26-23-24-13-25-28(21)23)22(29)27-18-7-5-6-8-19(18)30-4/h5-15,20-21H,1-4H3,(H,27,29)(H,24,25,26)/t15-,20+,21+/m0/s1. The number of carbonyl (C=O) groups is 1. The fraction of sp³-hybridized carbons (Fsp3) is 0.348. The quantitative estimate of drug-likeness (QED) is 0.669. The predicted molar refractivity (Wildman–Crippen MR) is 117 cm³/mol. The molecule has 7 heteroatoms. The van der Waals surface area contributed by atoms with Gasteiger partial charge in [-0.2, -0.15) is 10.1 Å². The fourth-order valence-corrected chi connectivity index (χ4v) is 4.04. The van der Waals surface area contributed by atoms with Crippen LogP contribution >= 0.6 is 0 Å². The van der Waals surface area contributed by atoms with Gasteiger partial charge in [-0.05, 0) is 36.1 Å². The number of fused-ring (bicyclic) bond motifs is 1. The number of anilines is 2. The van der Waals surface area contributed by atoms with Crippen LogP contribution in [0.4, 0.5) is 11.6 Å². The summed E-state index contributed by atoms with van der Waals surface area (Å²) in [5, 5.41) is 10.8. The second-order valence-corrected chi connectivity index (χ2v) is 7.94. The average molecular weight is 406 g/mol. The maximum Gasteiger partial charge on any atom is 0.232 e. The first-order chi connectivity index (χ1) is 14.5. The molecule has 7 nitrogen and oxygen atoms in total. The van der Waals surface area contributed by atoms with Crippen molar-refractivity contribution in [2.24, 2.45) is 5.92 Å². The van der Waals surface area contributed by atoms with E-state index in [2.05, 4.69) is 58.8 Å². The van der Waals surface area contributed by atoms with Crippen molar-refractivity contribution in [3.63, 3.8) is 0 Å². The number of carbonyl (C=O) groups excluding carboxylic acids is 1. The van der Waals surface area contributed by atoms with E-state index in [0.717, 1.165) is 5.56 Å². The topological polar surface area (TPSA) is 81.1 Å². The number of rotatable bonds is 5. The molecular formula is C23H27N5O2. The Bertz CT molecular complexity index is 1030. The molecule has 2 heterocycles. The zero-order chi connectivity index (χ0) is 21.3. The maximum atomic E-state index is 13.5. The lowest BCUT2D eigenvalue weighted by molar-refractivity contribution is -0.121. The van der Waals surface area contributed by atoms with Crippen molar-refractivity contribution in [3.8, 4) is 5.75 Å². The smallest absolute Gasteiger partial charge is 0.232 e. The van der Waals surface area contributed by atoms with Crippen LogP contribution in [-0.2, 0) is 4.79 Å². The van der Waals surface area contributed by atoms with Gasteiger partial charge < -0.3 is 15.4 Å². The van der Waals surface area contributed by atoms with Crippen LogP contribution < -0.4 is 15.4 Å². The molecule has 1 amide bonds. The van der Waals surface area contributed by atoms with Crippen LogP contribution in [0.1, 0.15) is 43.9 Å². The summed E-state index contributed by atoms with van der Waals surface area (Å²) in [6, 6.07) is 15.4. The van der Waals surface area contributed by atoms with Crippen LogP contribution in [0.3, 0.4) is 0 Å². The highest BCUT2D eigenvalue weighted by Gasteiger charge is 2.41. The Morgan fingerprint density at radius 2 is 1.90 bits per heavy atom. The van der Waals surface area contributed by atoms with Crippen molar-refractivity contribution in [1.82, 2.24) is 14.8 Å². The molecule has 0 unspecified atom stereocenters. The number of aromatic nitrogens is 3. The molecule has 1 aliphatic heterocycles. The normalized spacial score (nSPS) is 20.4. The summed E-state index contributed by atoms with van der Waals surface area (Å²) in [5.41, 5.74) is 2.93. The summed E-state index contributed by atoms with van der Waals surface area (Å²) in [4.78, 5) is 17.8. The summed E-state index contributed by atoms with van der Waals surface area (Å²) < 4.78 is 7.20. The highest BCUT2D eigenvalue weighted by Crippen LogP contribution is 2.37. The molecule has 0 saturated carbocycles. The van der Waals surface area contributed by atoms with Crippen molar-refractivity contribution >= 4 is 17.5 Å². The minimum absolute atomic E-state index is 0.0985. The first-order valence-corrected chi connectivity index (χ1v) is 10.2. The van der Waals surface area contributed by atoms with Gasteiger partial charge in [0, 0.05) is 6.04 Å². The van der Waals surface area contributed by atoms with Crippen LogP contribution in [0.25, 0.3) is 0 Å². The maximum absolute atomic E-state index is 13.5. The lowest BCUT2D eigenvalue weighted by Gasteiger charge is -2.37. The summed E-state index contributed by atoms with van der Waals surface area (Å²) in [5.74, 6) is 1.24. The molecule has 30 heavy (non-hydrogen) atoms. The second kappa shape index (κ2) is 8.18. The van der Waals surface area contributed by atoms with E-state index in [4.69, 9.17) is 4.74 Å². The van der Waals surface area contributed by atoms with E-state index >= 15 is 0 Å². The SMILES string of the molecule is COc1ccccc1NC(=O)[C@@H]1[C@H](C)Nc2ncnn2[C@@H]1c1ccc(C(C)C)cc1. The van der Waals surface area contributed by atoms with Crippen molar-refractivity contribution in [2.75, 3.05) is 17.7 Å². The molecule has 0 radical (unpaired) electrons. The van der Waals surface area contributed by atoms with E-state index < -0.39 is 5.92 Å². The third kappa shape index (κ3) is 3.63. The molecule has 1 aliphatic rings. The van der Waals surface area contributed by atoms with E-state index in [-0.39, 0.29) is 18.0 Å². The van der Waals surface area contributed by atoms with Gasteiger partial charge in [0.2, 0.25) is 11.9 Å². The fourth-order valence-electron chi connectivity index (χ4n) is 4.04. The Balaban J connectivity index is 1.71. The molecule has 156 valence electrons. The van der Waals surface area contributed by atoms with Crippen LogP contribution in [0.15, 0.2) is 54.9 Å². The summed E-state index contributed by atoms with van der Waals surface area (Å²) >= 11 is 0. The monoisotopic (exact) mass is 405 g/mol. The number of hydrogen-bond donors (Lipinski definition) is 2. The summed E-state index contributed by atoms with van der Waals surface area (Å²) in [7, 11) is 1.59. The van der Waals surface area contributed by atoms with E-state index in [9.17, 15) is 4.79 Å². The van der Waals surface area contributed by atoms with Gasteiger partial charge in [0.1, 0.15) is 12.1 Å². The molecule has 2 N–H and O–H groups in total. The molecule has 0 saturated heterocycles. The number of amides is 1. The van der Waals surface area contributed by atoms with E-state index in [1.807, 2.05) is 31.2 Å². The molecule has 0 bridgehead atoms. The molecule has 1 aromatic heterocycles. The third-order valence-corrected chi connectivity index (χ3v) is 5.68. The third-order valence-electron chi connectivity index (χ3n) is 5.68. The zero-order valence-electron chi connectivity index (χ0n) is 17.7. The molecule has 2 aromatic carbocycles. The Labute approximate surface area is 176 Å². The molecular weight excluding hydrogens is 378 g/mol. The molecule has 3 aromatic rings. The first kappa shape index (κ1) is 19.9. The molecule has 0 fully saturated rings. The molecule has 3 atom stereocenters. The van der Waals surface area contributed by atoms with Crippen LogP contribution in [0.2, 0.25) is 0 Å². The van der Waals surface area contributed by atoms with Crippen LogP contribution in [0.5, 0.6) is 5.75 Å². The number of ether oxygens (including phenoxy) is 1. The van der Waals surface area contributed by atoms with Crippen LogP contribution in [-0.4, -0.2) is 33.8 Å². The predicted octanol–water partition coefficient (Wildman–Crippen LogP) is 4.07. The van der Waals surface area contributed by atoms with Gasteiger partial charge in [0.15, 0.2) is 0 Å². The molecule has 4 rings (SSSR count).